The van der Waals surface area contributed by atoms with E-state index in [1.165, 1.54) is 25.7 Å². The van der Waals surface area contributed by atoms with Gasteiger partial charge in [-0.3, -0.25) is 0 Å². The minimum Gasteiger partial charge on any atom is -0.459 e. The Bertz CT molecular complexity index is 233. The van der Waals surface area contributed by atoms with Gasteiger partial charge in [0.2, 0.25) is 0 Å². The van der Waals surface area contributed by atoms with Gasteiger partial charge in [-0.1, -0.05) is 46.1 Å². The molecular weight excluding hydrogens is 212 g/mol. The Morgan fingerprint density at radius 3 is 2.35 bits per heavy atom. The zero-order valence-corrected chi connectivity index (χ0v) is 11.9. The first-order valence-corrected chi connectivity index (χ1v) is 6.87. The third kappa shape index (κ3) is 8.00. The summed E-state index contributed by atoms with van der Waals surface area (Å²) in [6, 6.07) is 0. The number of rotatable bonds is 9. The van der Waals surface area contributed by atoms with Crippen molar-refractivity contribution in [3.05, 3.63) is 12.2 Å². The van der Waals surface area contributed by atoms with Crippen LogP contribution in [0.25, 0.3) is 0 Å². The number of esters is 1. The van der Waals surface area contributed by atoms with Crippen LogP contribution in [0.15, 0.2) is 12.2 Å². The normalized spacial score (nSPS) is 14.1. The van der Waals surface area contributed by atoms with Crippen LogP contribution >= 0.6 is 0 Å². The third-order valence-corrected chi connectivity index (χ3v) is 3.18. The van der Waals surface area contributed by atoms with Gasteiger partial charge < -0.3 is 4.74 Å². The Kier molecular flexibility index (Phi) is 8.83. The second-order valence-corrected chi connectivity index (χ2v) is 4.99. The Hall–Kier alpha value is -0.790. The van der Waals surface area contributed by atoms with Crippen molar-refractivity contribution in [1.82, 2.24) is 0 Å². The number of carbonyl (C=O) groups excluding carboxylic acids is 1. The van der Waals surface area contributed by atoms with E-state index in [2.05, 4.69) is 20.4 Å². The molecule has 0 aliphatic rings. The van der Waals surface area contributed by atoms with Crippen molar-refractivity contribution in [1.29, 1.82) is 0 Å². The summed E-state index contributed by atoms with van der Waals surface area (Å²) in [5.41, 5.74) is 0.481. The molecule has 0 aliphatic heterocycles. The highest BCUT2D eigenvalue weighted by Crippen LogP contribution is 2.20. The van der Waals surface area contributed by atoms with E-state index in [0.29, 0.717) is 5.57 Å². The van der Waals surface area contributed by atoms with Gasteiger partial charge in [-0.05, 0) is 32.6 Å². The fourth-order valence-corrected chi connectivity index (χ4v) is 1.86. The number of hydrogen-bond acceptors (Lipinski definition) is 2. The molecule has 0 N–H and O–H groups in total. The van der Waals surface area contributed by atoms with Crippen LogP contribution in [0.5, 0.6) is 0 Å². The summed E-state index contributed by atoms with van der Waals surface area (Å²) in [5.74, 6) is 0.514. The van der Waals surface area contributed by atoms with Gasteiger partial charge >= 0.3 is 5.97 Å². The van der Waals surface area contributed by atoms with Crippen LogP contribution in [0, 0.1) is 5.92 Å². The molecule has 0 saturated carbocycles. The van der Waals surface area contributed by atoms with Gasteiger partial charge in [0.25, 0.3) is 0 Å². The van der Waals surface area contributed by atoms with Gasteiger partial charge in [-0.15, -0.1) is 0 Å². The van der Waals surface area contributed by atoms with Gasteiger partial charge in [0.1, 0.15) is 0 Å². The molecule has 0 aromatic rings. The van der Waals surface area contributed by atoms with Crippen LogP contribution < -0.4 is 0 Å². The average molecular weight is 240 g/mol. The first-order chi connectivity index (χ1) is 8.01. The van der Waals surface area contributed by atoms with E-state index in [9.17, 15) is 4.79 Å². The molecule has 2 unspecified atom stereocenters. The lowest BCUT2D eigenvalue weighted by atomic mass is 9.93. The molecular formula is C15H28O2. The molecule has 0 aromatic carbocycles. The van der Waals surface area contributed by atoms with Gasteiger partial charge in [-0.25, -0.2) is 4.79 Å². The topological polar surface area (TPSA) is 26.3 Å². The summed E-state index contributed by atoms with van der Waals surface area (Å²) in [5, 5.41) is 0. The summed E-state index contributed by atoms with van der Waals surface area (Å²) in [4.78, 5) is 11.3. The Morgan fingerprint density at radius 2 is 1.88 bits per heavy atom. The molecule has 0 aliphatic carbocycles. The number of carbonyl (C=O) groups is 1. The van der Waals surface area contributed by atoms with Gasteiger partial charge in [0.05, 0.1) is 6.10 Å². The minimum absolute atomic E-state index is 0.00914. The largest absolute Gasteiger partial charge is 0.459 e. The standard InChI is InChI=1S/C15H28O2/c1-6-8-9-14(7-2)11-10-13(5)17-15(16)12(3)4/h13-14H,3,6-11H2,1-2,4-5H3. The lowest BCUT2D eigenvalue weighted by molar-refractivity contribution is -0.143. The molecule has 2 heteroatoms. The van der Waals surface area contributed by atoms with E-state index >= 15 is 0 Å². The second-order valence-electron chi connectivity index (χ2n) is 4.99. The summed E-state index contributed by atoms with van der Waals surface area (Å²) in [6.45, 7) is 11.7. The lowest BCUT2D eigenvalue weighted by Gasteiger charge is -2.18. The summed E-state index contributed by atoms with van der Waals surface area (Å²) < 4.78 is 5.27. The van der Waals surface area contributed by atoms with Crippen molar-refractivity contribution in [2.75, 3.05) is 0 Å². The highest BCUT2D eigenvalue weighted by Gasteiger charge is 2.12. The van der Waals surface area contributed by atoms with E-state index in [1.54, 1.807) is 6.92 Å². The zero-order valence-electron chi connectivity index (χ0n) is 11.9. The molecule has 17 heavy (non-hydrogen) atoms. The van der Waals surface area contributed by atoms with Crippen molar-refractivity contribution in [2.45, 2.75) is 72.3 Å². The van der Waals surface area contributed by atoms with Crippen LogP contribution in [-0.2, 0) is 9.53 Å². The van der Waals surface area contributed by atoms with Crippen molar-refractivity contribution < 1.29 is 9.53 Å². The first-order valence-electron chi connectivity index (χ1n) is 6.87. The highest BCUT2D eigenvalue weighted by molar-refractivity contribution is 5.87. The summed E-state index contributed by atoms with van der Waals surface area (Å²) >= 11 is 0. The maximum Gasteiger partial charge on any atom is 0.333 e. The molecule has 0 heterocycles. The van der Waals surface area contributed by atoms with Crippen LogP contribution in [0.2, 0.25) is 0 Å². The maximum absolute atomic E-state index is 11.3. The molecule has 0 radical (unpaired) electrons. The van der Waals surface area contributed by atoms with Crippen LogP contribution in [0.4, 0.5) is 0 Å². The summed E-state index contributed by atoms with van der Waals surface area (Å²) in [6.07, 6.45) is 7.21. The van der Waals surface area contributed by atoms with Crippen molar-refractivity contribution in [2.24, 2.45) is 5.92 Å². The number of hydrogen-bond donors (Lipinski definition) is 0. The molecule has 0 amide bonds. The van der Waals surface area contributed by atoms with Crippen molar-refractivity contribution >= 4 is 5.97 Å². The van der Waals surface area contributed by atoms with Crippen LogP contribution in [-0.4, -0.2) is 12.1 Å². The number of unbranched alkanes of at least 4 members (excludes halogenated alkanes) is 1. The van der Waals surface area contributed by atoms with Crippen LogP contribution in [0.1, 0.15) is 66.2 Å². The van der Waals surface area contributed by atoms with Gasteiger partial charge in [-0.2, -0.15) is 0 Å². The second kappa shape index (κ2) is 9.26. The van der Waals surface area contributed by atoms with E-state index in [1.807, 2.05) is 6.92 Å². The van der Waals surface area contributed by atoms with Gasteiger partial charge in [0.15, 0.2) is 0 Å². The smallest absolute Gasteiger partial charge is 0.333 e. The predicted molar refractivity (Wildman–Crippen MR) is 72.9 cm³/mol. The van der Waals surface area contributed by atoms with Gasteiger partial charge in [0, 0.05) is 5.57 Å². The number of ether oxygens (including phenoxy) is 1. The summed E-state index contributed by atoms with van der Waals surface area (Å²) in [7, 11) is 0. The maximum atomic E-state index is 11.3. The van der Waals surface area contributed by atoms with E-state index < -0.39 is 0 Å². The lowest BCUT2D eigenvalue weighted by Crippen LogP contribution is -2.16. The van der Waals surface area contributed by atoms with E-state index in [0.717, 1.165) is 18.8 Å². The average Bonchev–Trinajstić information content (AvgIpc) is 2.29. The van der Waals surface area contributed by atoms with E-state index in [-0.39, 0.29) is 12.1 Å². The molecule has 0 aromatic heterocycles. The molecule has 2 nitrogen and oxygen atoms in total. The molecule has 0 fully saturated rings. The molecule has 100 valence electrons. The molecule has 0 bridgehead atoms. The third-order valence-electron chi connectivity index (χ3n) is 3.18. The van der Waals surface area contributed by atoms with Crippen LogP contribution in [0.3, 0.4) is 0 Å². The fourth-order valence-electron chi connectivity index (χ4n) is 1.86. The monoisotopic (exact) mass is 240 g/mol. The molecule has 2 atom stereocenters. The first kappa shape index (κ1) is 16.2. The minimum atomic E-state index is -0.265. The fraction of sp³-hybridized carbons (Fsp3) is 0.800. The SMILES string of the molecule is C=C(C)C(=O)OC(C)CCC(CC)CCCC. The predicted octanol–water partition coefficient (Wildman–Crippen LogP) is 4.49. The Morgan fingerprint density at radius 1 is 1.24 bits per heavy atom. The van der Waals surface area contributed by atoms with Crippen molar-refractivity contribution in [3.8, 4) is 0 Å². The highest BCUT2D eigenvalue weighted by atomic mass is 16.5. The Labute approximate surface area is 106 Å². The van der Waals surface area contributed by atoms with E-state index in [4.69, 9.17) is 4.74 Å². The quantitative estimate of drug-likeness (QED) is 0.438. The molecule has 0 rings (SSSR count). The van der Waals surface area contributed by atoms with Crippen molar-refractivity contribution in [3.63, 3.8) is 0 Å². The molecule has 0 spiro atoms. The molecule has 0 saturated heterocycles. The zero-order chi connectivity index (χ0) is 13.3. The Balaban J connectivity index is 3.83.